The van der Waals surface area contributed by atoms with Crippen molar-refractivity contribution in [2.75, 3.05) is 0 Å². The van der Waals surface area contributed by atoms with Gasteiger partial charge in [0.2, 0.25) is 0 Å². The van der Waals surface area contributed by atoms with E-state index in [2.05, 4.69) is 25.0 Å². The van der Waals surface area contributed by atoms with Crippen LogP contribution in [0.25, 0.3) is 11.0 Å². The van der Waals surface area contributed by atoms with Gasteiger partial charge in [-0.2, -0.15) is 5.10 Å². The number of imidazole rings is 1. The van der Waals surface area contributed by atoms with Gasteiger partial charge in [0, 0.05) is 25.0 Å². The van der Waals surface area contributed by atoms with E-state index < -0.39 is 0 Å². The molecule has 0 aromatic carbocycles. The highest BCUT2D eigenvalue weighted by Crippen LogP contribution is 2.35. The number of carbonyl (C=O) groups is 1. The number of carbonyl (C=O) groups excluding carboxylic acids is 1. The molecule has 0 bridgehead atoms. The van der Waals surface area contributed by atoms with Crippen LogP contribution in [-0.4, -0.2) is 30.2 Å². The monoisotopic (exact) mass is 324 g/mol. The Balaban J connectivity index is 1.62. The number of fused-ring (bicyclic) bond motifs is 1. The SMILES string of the molecule is Cc1cc(C(=O)NCc2cncn2C2CC2)c2c(C)nn(C)c2n1. The molecule has 1 fully saturated rings. The van der Waals surface area contributed by atoms with E-state index in [0.29, 0.717) is 18.2 Å². The Bertz CT molecular complexity index is 934. The van der Waals surface area contributed by atoms with Crippen molar-refractivity contribution >= 4 is 16.9 Å². The Kier molecular flexibility index (Phi) is 3.37. The van der Waals surface area contributed by atoms with Crippen molar-refractivity contribution in [2.45, 2.75) is 39.3 Å². The molecule has 0 atom stereocenters. The van der Waals surface area contributed by atoms with E-state index in [-0.39, 0.29) is 5.91 Å². The van der Waals surface area contributed by atoms with Gasteiger partial charge >= 0.3 is 0 Å². The molecule has 1 amide bonds. The first kappa shape index (κ1) is 14.9. The third kappa shape index (κ3) is 2.46. The van der Waals surface area contributed by atoms with Crippen molar-refractivity contribution in [3.05, 3.63) is 41.2 Å². The highest BCUT2D eigenvalue weighted by atomic mass is 16.1. The van der Waals surface area contributed by atoms with Gasteiger partial charge in [-0.1, -0.05) is 0 Å². The molecule has 0 aliphatic heterocycles. The van der Waals surface area contributed by atoms with E-state index in [0.717, 1.165) is 28.1 Å². The number of aromatic nitrogens is 5. The molecule has 7 nitrogen and oxygen atoms in total. The minimum Gasteiger partial charge on any atom is -0.346 e. The van der Waals surface area contributed by atoms with Crippen molar-refractivity contribution in [1.82, 2.24) is 29.6 Å². The number of nitrogens with zero attached hydrogens (tertiary/aromatic N) is 5. The van der Waals surface area contributed by atoms with Crippen molar-refractivity contribution in [3.63, 3.8) is 0 Å². The predicted molar refractivity (Wildman–Crippen MR) is 89.7 cm³/mol. The highest BCUT2D eigenvalue weighted by Gasteiger charge is 2.25. The predicted octanol–water partition coefficient (Wildman–Crippen LogP) is 2.05. The maximum atomic E-state index is 12.8. The van der Waals surface area contributed by atoms with Crippen molar-refractivity contribution in [3.8, 4) is 0 Å². The maximum absolute atomic E-state index is 12.8. The van der Waals surface area contributed by atoms with Gasteiger partial charge < -0.3 is 9.88 Å². The molecule has 1 saturated carbocycles. The molecule has 124 valence electrons. The second kappa shape index (κ2) is 5.43. The van der Waals surface area contributed by atoms with Crippen LogP contribution < -0.4 is 5.32 Å². The van der Waals surface area contributed by atoms with Crippen molar-refractivity contribution in [1.29, 1.82) is 0 Å². The third-order valence-electron chi connectivity index (χ3n) is 4.46. The number of hydrogen-bond acceptors (Lipinski definition) is 4. The zero-order valence-electron chi connectivity index (χ0n) is 14.1. The summed E-state index contributed by atoms with van der Waals surface area (Å²) in [6.45, 7) is 4.26. The number of nitrogens with one attached hydrogen (secondary N) is 1. The average molecular weight is 324 g/mol. The van der Waals surface area contributed by atoms with Gasteiger partial charge in [0.25, 0.3) is 5.91 Å². The summed E-state index contributed by atoms with van der Waals surface area (Å²) in [7, 11) is 1.84. The molecule has 0 unspecified atom stereocenters. The normalized spacial score (nSPS) is 14.3. The molecule has 0 spiro atoms. The van der Waals surface area contributed by atoms with Crippen LogP contribution in [0.1, 0.15) is 46.3 Å². The van der Waals surface area contributed by atoms with Gasteiger partial charge in [-0.05, 0) is 32.8 Å². The average Bonchev–Trinajstić information content (AvgIpc) is 3.22. The van der Waals surface area contributed by atoms with Crippen molar-refractivity contribution in [2.24, 2.45) is 7.05 Å². The molecule has 1 aliphatic carbocycles. The lowest BCUT2D eigenvalue weighted by atomic mass is 10.1. The number of hydrogen-bond donors (Lipinski definition) is 1. The van der Waals surface area contributed by atoms with E-state index in [1.807, 2.05) is 39.5 Å². The fraction of sp³-hybridized carbons (Fsp3) is 0.412. The van der Waals surface area contributed by atoms with Crippen molar-refractivity contribution < 1.29 is 4.79 Å². The molecule has 3 aromatic heterocycles. The molecule has 7 heteroatoms. The van der Waals surface area contributed by atoms with Crippen LogP contribution in [0.5, 0.6) is 0 Å². The van der Waals surface area contributed by atoms with E-state index in [9.17, 15) is 4.79 Å². The lowest BCUT2D eigenvalue weighted by Crippen LogP contribution is -2.24. The summed E-state index contributed by atoms with van der Waals surface area (Å²) in [5.74, 6) is -0.106. The first-order valence-corrected chi connectivity index (χ1v) is 8.14. The Hall–Kier alpha value is -2.70. The number of aryl methyl sites for hydroxylation is 3. The quantitative estimate of drug-likeness (QED) is 0.797. The Labute approximate surface area is 139 Å². The molecule has 0 radical (unpaired) electrons. The molecular formula is C17H20N6O. The molecule has 4 rings (SSSR count). The second-order valence-electron chi connectivity index (χ2n) is 6.42. The summed E-state index contributed by atoms with van der Waals surface area (Å²) in [5, 5.41) is 8.22. The molecule has 1 aliphatic rings. The first-order valence-electron chi connectivity index (χ1n) is 8.14. The fourth-order valence-electron chi connectivity index (χ4n) is 3.17. The van der Waals surface area contributed by atoms with E-state index >= 15 is 0 Å². The molecule has 0 saturated heterocycles. The van der Waals surface area contributed by atoms with Gasteiger partial charge in [0.1, 0.15) is 0 Å². The maximum Gasteiger partial charge on any atom is 0.252 e. The summed E-state index contributed by atoms with van der Waals surface area (Å²) >= 11 is 0. The van der Waals surface area contributed by atoms with Crippen LogP contribution >= 0.6 is 0 Å². The van der Waals surface area contributed by atoms with Gasteiger partial charge in [-0.25, -0.2) is 9.97 Å². The molecular weight excluding hydrogens is 304 g/mol. The third-order valence-corrected chi connectivity index (χ3v) is 4.46. The standard InChI is InChI=1S/C17H20N6O/c1-10-6-14(15-11(2)21-22(3)16(15)20-10)17(24)19-8-13-7-18-9-23(13)12-4-5-12/h6-7,9,12H,4-5,8H2,1-3H3,(H,19,24). The number of amides is 1. The second-order valence-corrected chi connectivity index (χ2v) is 6.42. The summed E-state index contributed by atoms with van der Waals surface area (Å²) in [5.41, 5.74) is 4.02. The van der Waals surface area contributed by atoms with Crippen LogP contribution in [0, 0.1) is 13.8 Å². The van der Waals surface area contributed by atoms with E-state index in [4.69, 9.17) is 0 Å². The van der Waals surface area contributed by atoms with Gasteiger partial charge in [0.05, 0.1) is 35.2 Å². The zero-order chi connectivity index (χ0) is 16.8. The molecule has 24 heavy (non-hydrogen) atoms. The lowest BCUT2D eigenvalue weighted by Gasteiger charge is -2.09. The minimum absolute atomic E-state index is 0.106. The smallest absolute Gasteiger partial charge is 0.252 e. The summed E-state index contributed by atoms with van der Waals surface area (Å²) in [4.78, 5) is 21.5. The largest absolute Gasteiger partial charge is 0.346 e. The summed E-state index contributed by atoms with van der Waals surface area (Å²) in [6, 6.07) is 2.37. The molecule has 1 N–H and O–H groups in total. The summed E-state index contributed by atoms with van der Waals surface area (Å²) < 4.78 is 3.87. The van der Waals surface area contributed by atoms with Crippen LogP contribution in [-0.2, 0) is 13.6 Å². The lowest BCUT2D eigenvalue weighted by molar-refractivity contribution is 0.0951. The number of rotatable bonds is 4. The Morgan fingerprint density at radius 3 is 2.92 bits per heavy atom. The van der Waals surface area contributed by atoms with E-state index in [1.54, 1.807) is 4.68 Å². The zero-order valence-corrected chi connectivity index (χ0v) is 14.1. The van der Waals surface area contributed by atoms with Crippen LogP contribution in [0.15, 0.2) is 18.6 Å². The van der Waals surface area contributed by atoms with Crippen LogP contribution in [0.3, 0.4) is 0 Å². The van der Waals surface area contributed by atoms with E-state index in [1.165, 1.54) is 12.8 Å². The molecule has 3 heterocycles. The van der Waals surface area contributed by atoms with Gasteiger partial charge in [-0.3, -0.25) is 9.48 Å². The molecule has 3 aromatic rings. The number of pyridine rings is 1. The first-order chi connectivity index (χ1) is 11.5. The Morgan fingerprint density at radius 1 is 1.38 bits per heavy atom. The highest BCUT2D eigenvalue weighted by molar-refractivity contribution is 6.06. The Morgan fingerprint density at radius 2 is 2.17 bits per heavy atom. The van der Waals surface area contributed by atoms with Gasteiger partial charge in [-0.15, -0.1) is 0 Å². The summed E-state index contributed by atoms with van der Waals surface area (Å²) in [6.07, 6.45) is 6.05. The minimum atomic E-state index is -0.106. The van der Waals surface area contributed by atoms with Crippen LogP contribution in [0.2, 0.25) is 0 Å². The fourth-order valence-corrected chi connectivity index (χ4v) is 3.17. The van der Waals surface area contributed by atoms with Crippen LogP contribution in [0.4, 0.5) is 0 Å². The van der Waals surface area contributed by atoms with Gasteiger partial charge in [0.15, 0.2) is 5.65 Å². The topological polar surface area (TPSA) is 77.6 Å².